The Balaban J connectivity index is 3.55. The quantitative estimate of drug-likeness (QED) is 0.633. The van der Waals surface area contributed by atoms with E-state index in [2.05, 4.69) is 9.61 Å². The maximum atomic E-state index is 10.6. The summed E-state index contributed by atoms with van der Waals surface area (Å²) in [5.41, 5.74) is 0. The van der Waals surface area contributed by atoms with Crippen LogP contribution in [0.15, 0.2) is 0 Å². The first kappa shape index (κ1) is 8.44. The molecule has 5 heteroatoms. The minimum absolute atomic E-state index is 0.363. The van der Waals surface area contributed by atoms with Crippen LogP contribution in [0.1, 0.15) is 6.92 Å². The Morgan fingerprint density at radius 3 is 2.50 bits per heavy atom. The summed E-state index contributed by atoms with van der Waals surface area (Å²) in [6.07, 6.45) is 0. The molecule has 0 saturated heterocycles. The monoisotopic (exact) mass is 157 g/mol. The van der Waals surface area contributed by atoms with E-state index in [4.69, 9.17) is 11.2 Å². The van der Waals surface area contributed by atoms with E-state index in [0.29, 0.717) is 6.61 Å². The van der Waals surface area contributed by atoms with Gasteiger partial charge >= 0.3 is 6.87 Å². The van der Waals surface area contributed by atoms with Crippen LogP contribution in [0.5, 0.6) is 0 Å². The normalized spacial score (nSPS) is 17.9. The highest BCUT2D eigenvalue weighted by molar-refractivity contribution is 7.83. The largest absolute Gasteiger partial charge is 0.360 e. The van der Waals surface area contributed by atoms with Gasteiger partial charge in [-0.05, 0) is 25.2 Å². The maximum Gasteiger partial charge on any atom is 0.360 e. The Kier molecular flexibility index (Phi) is 3.65. The second-order valence-corrected chi connectivity index (χ2v) is 4.12. The number of rotatable bonds is 3. The SMILES string of the molecule is CCOP(=O)(Cl)NC. The molecule has 0 aromatic rings. The van der Waals surface area contributed by atoms with Crippen LogP contribution < -0.4 is 5.09 Å². The smallest absolute Gasteiger partial charge is 0.307 e. The lowest BCUT2D eigenvalue weighted by molar-refractivity contribution is 0.339. The first-order valence-electron chi connectivity index (χ1n) is 2.25. The number of halogens is 1. The van der Waals surface area contributed by atoms with E-state index >= 15 is 0 Å². The van der Waals surface area contributed by atoms with Gasteiger partial charge in [0.05, 0.1) is 6.61 Å². The summed E-state index contributed by atoms with van der Waals surface area (Å²) in [5.74, 6) is 0. The number of nitrogens with one attached hydrogen (secondary N) is 1. The van der Waals surface area contributed by atoms with Gasteiger partial charge in [-0.2, -0.15) is 0 Å². The zero-order valence-corrected chi connectivity index (χ0v) is 6.50. The maximum absolute atomic E-state index is 10.6. The number of hydrogen-bond acceptors (Lipinski definition) is 2. The van der Waals surface area contributed by atoms with Gasteiger partial charge in [-0.1, -0.05) is 0 Å². The fourth-order valence-corrected chi connectivity index (χ4v) is 0.985. The minimum Gasteiger partial charge on any atom is -0.307 e. The molecule has 0 aromatic carbocycles. The molecule has 0 aromatic heterocycles. The van der Waals surface area contributed by atoms with Crippen molar-refractivity contribution in [3.05, 3.63) is 0 Å². The third kappa shape index (κ3) is 3.44. The topological polar surface area (TPSA) is 38.3 Å². The van der Waals surface area contributed by atoms with E-state index in [1.54, 1.807) is 6.92 Å². The molecule has 0 aliphatic carbocycles. The Labute approximate surface area is 53.7 Å². The molecule has 0 amide bonds. The van der Waals surface area contributed by atoms with Gasteiger partial charge in [0.2, 0.25) is 0 Å². The third-order valence-corrected chi connectivity index (χ3v) is 2.49. The van der Waals surface area contributed by atoms with E-state index in [9.17, 15) is 4.57 Å². The molecule has 0 rings (SSSR count). The molecular formula is C3H9ClNO2P. The van der Waals surface area contributed by atoms with Crippen LogP contribution in [0.4, 0.5) is 0 Å². The summed E-state index contributed by atoms with van der Waals surface area (Å²) in [6, 6.07) is 0. The molecule has 1 unspecified atom stereocenters. The molecule has 0 saturated carbocycles. The van der Waals surface area contributed by atoms with E-state index in [1.807, 2.05) is 0 Å². The lowest BCUT2D eigenvalue weighted by Crippen LogP contribution is -2.00. The predicted octanol–water partition coefficient (Wildman–Crippen LogP) is 1.59. The van der Waals surface area contributed by atoms with Crippen molar-refractivity contribution in [1.29, 1.82) is 0 Å². The standard InChI is InChI=1S/C3H9ClNO2P/c1-3-7-8(4,6)5-2/h3H2,1-2H3,(H,5,6). The molecule has 8 heavy (non-hydrogen) atoms. The lowest BCUT2D eigenvalue weighted by atomic mass is 10.9. The lowest BCUT2D eigenvalue weighted by Gasteiger charge is -2.05. The van der Waals surface area contributed by atoms with Crippen molar-refractivity contribution < 1.29 is 9.09 Å². The second kappa shape index (κ2) is 3.46. The fourth-order valence-electron chi connectivity index (χ4n) is 0.231. The first-order valence-corrected chi connectivity index (χ1v) is 4.78. The first-order chi connectivity index (χ1) is 3.62. The van der Waals surface area contributed by atoms with Gasteiger partial charge in [0.1, 0.15) is 0 Å². The van der Waals surface area contributed by atoms with Crippen molar-refractivity contribution >= 4 is 18.1 Å². The molecule has 1 N–H and O–H groups in total. The van der Waals surface area contributed by atoms with Gasteiger partial charge in [0.25, 0.3) is 0 Å². The molecule has 0 fully saturated rings. The zero-order valence-electron chi connectivity index (χ0n) is 4.85. The van der Waals surface area contributed by atoms with Gasteiger partial charge in [-0.25, -0.2) is 5.09 Å². The number of hydrogen-bond donors (Lipinski definition) is 1. The van der Waals surface area contributed by atoms with Crippen molar-refractivity contribution in [1.82, 2.24) is 5.09 Å². The molecule has 0 spiro atoms. The third-order valence-electron chi connectivity index (χ3n) is 0.562. The summed E-state index contributed by atoms with van der Waals surface area (Å²) in [7, 11) is 1.49. The van der Waals surface area contributed by atoms with E-state index < -0.39 is 6.87 Å². The fraction of sp³-hybridized carbons (Fsp3) is 1.00. The molecule has 0 bridgehead atoms. The Morgan fingerprint density at radius 2 is 2.38 bits per heavy atom. The van der Waals surface area contributed by atoms with E-state index in [1.165, 1.54) is 7.05 Å². The highest BCUT2D eigenvalue weighted by atomic mass is 35.7. The highest BCUT2D eigenvalue weighted by Gasteiger charge is 2.13. The Bertz CT molecular complexity index is 107. The summed E-state index contributed by atoms with van der Waals surface area (Å²) in [6.45, 7) is -0.860. The molecule has 0 aliphatic rings. The van der Waals surface area contributed by atoms with Crippen LogP contribution in [-0.2, 0) is 9.09 Å². The Morgan fingerprint density at radius 1 is 1.88 bits per heavy atom. The van der Waals surface area contributed by atoms with E-state index in [-0.39, 0.29) is 0 Å². The van der Waals surface area contributed by atoms with Gasteiger partial charge in [-0.15, -0.1) is 0 Å². The molecule has 0 aliphatic heterocycles. The minimum atomic E-state index is -2.95. The summed E-state index contributed by atoms with van der Waals surface area (Å²) < 4.78 is 15.2. The molecule has 1 atom stereocenters. The second-order valence-electron chi connectivity index (χ2n) is 1.12. The van der Waals surface area contributed by atoms with Crippen LogP contribution in [0.25, 0.3) is 0 Å². The summed E-state index contributed by atoms with van der Waals surface area (Å²) >= 11 is 5.24. The van der Waals surface area contributed by atoms with Crippen molar-refractivity contribution in [2.75, 3.05) is 13.7 Å². The van der Waals surface area contributed by atoms with Crippen molar-refractivity contribution in [3.8, 4) is 0 Å². The average Bonchev–Trinajstić information content (AvgIpc) is 1.67. The zero-order chi connectivity index (χ0) is 6.62. The van der Waals surface area contributed by atoms with Crippen LogP contribution in [0.2, 0.25) is 0 Å². The van der Waals surface area contributed by atoms with E-state index in [0.717, 1.165) is 0 Å². The van der Waals surface area contributed by atoms with Crippen LogP contribution in [-0.4, -0.2) is 13.7 Å². The van der Waals surface area contributed by atoms with Gasteiger partial charge in [0, 0.05) is 0 Å². The van der Waals surface area contributed by atoms with Gasteiger partial charge in [-0.3, -0.25) is 4.57 Å². The average molecular weight is 158 g/mol. The molecule has 3 nitrogen and oxygen atoms in total. The van der Waals surface area contributed by atoms with Crippen LogP contribution >= 0.6 is 18.1 Å². The predicted molar refractivity (Wildman–Crippen MR) is 34.1 cm³/mol. The summed E-state index contributed by atoms with van der Waals surface area (Å²) in [5, 5.41) is 2.34. The highest BCUT2D eigenvalue weighted by Crippen LogP contribution is 2.46. The molecule has 0 heterocycles. The molecular weight excluding hydrogens is 148 g/mol. The van der Waals surface area contributed by atoms with Crippen LogP contribution in [0.3, 0.4) is 0 Å². The van der Waals surface area contributed by atoms with Crippen molar-refractivity contribution in [3.63, 3.8) is 0 Å². The molecule has 50 valence electrons. The summed E-state index contributed by atoms with van der Waals surface area (Å²) in [4.78, 5) is 0. The van der Waals surface area contributed by atoms with Crippen molar-refractivity contribution in [2.24, 2.45) is 0 Å². The van der Waals surface area contributed by atoms with Gasteiger partial charge < -0.3 is 4.52 Å². The van der Waals surface area contributed by atoms with Crippen molar-refractivity contribution in [2.45, 2.75) is 6.92 Å². The van der Waals surface area contributed by atoms with Gasteiger partial charge in [0.15, 0.2) is 0 Å². The van der Waals surface area contributed by atoms with Crippen LogP contribution in [0, 0.1) is 0 Å². The molecule has 0 radical (unpaired) electrons. The Hall–Kier alpha value is 0.440.